The Bertz CT molecular complexity index is 794. The van der Waals surface area contributed by atoms with E-state index in [1.54, 1.807) is 0 Å². The van der Waals surface area contributed by atoms with Crippen LogP contribution in [0.3, 0.4) is 0 Å². The normalized spacial score (nSPS) is 26.1. The van der Waals surface area contributed by atoms with Crippen LogP contribution in [0, 0.1) is 6.92 Å². The number of hydrogen-bond acceptors (Lipinski definition) is 3. The van der Waals surface area contributed by atoms with Crippen LogP contribution in [0.25, 0.3) is 0 Å². The molecule has 2 amide bonds. The number of ether oxygens (including phenoxy) is 1. The Kier molecular flexibility index (Phi) is 4.27. The van der Waals surface area contributed by atoms with Gasteiger partial charge < -0.3 is 10.1 Å². The first-order chi connectivity index (χ1) is 12.1. The number of nitrogens with one attached hydrogen (secondary N) is 1. The van der Waals surface area contributed by atoms with Crippen molar-refractivity contribution in [3.05, 3.63) is 58.8 Å². The van der Waals surface area contributed by atoms with Crippen molar-refractivity contribution in [1.29, 1.82) is 0 Å². The summed E-state index contributed by atoms with van der Waals surface area (Å²) in [5.74, 6) is 0.161. The number of amides is 2. The van der Waals surface area contributed by atoms with Crippen LogP contribution >= 0.6 is 0 Å². The lowest BCUT2D eigenvalue weighted by molar-refractivity contribution is -0.00445. The highest BCUT2D eigenvalue weighted by atomic mass is 16.5. The number of fused-ring (bicyclic) bond motifs is 1. The van der Waals surface area contributed by atoms with Gasteiger partial charge in [-0.2, -0.15) is 4.99 Å². The average molecular weight is 337 g/mol. The van der Waals surface area contributed by atoms with E-state index < -0.39 is 0 Å². The Morgan fingerprint density at radius 2 is 2.28 bits per heavy atom. The van der Waals surface area contributed by atoms with Gasteiger partial charge in [0.25, 0.3) is 0 Å². The Labute approximate surface area is 148 Å². The maximum absolute atomic E-state index is 11.4. The highest BCUT2D eigenvalue weighted by Crippen LogP contribution is 2.30. The highest BCUT2D eigenvalue weighted by molar-refractivity contribution is 6.19. The Morgan fingerprint density at radius 1 is 1.40 bits per heavy atom. The largest absolute Gasteiger partial charge is 0.379 e. The molecule has 2 aliphatic heterocycles. The molecule has 0 aromatic heterocycles. The SMILES string of the molecule is Cc1c(CN2CCOC[C@@H]2C)cccc1C1C=CC2=NC(=O)NC2=C1. The minimum atomic E-state index is -0.279. The molecular weight excluding hydrogens is 314 g/mol. The molecule has 130 valence electrons. The second-order valence-electron chi connectivity index (χ2n) is 6.92. The standard InChI is InChI=1S/C20H23N3O2/c1-13-12-25-9-8-23(13)11-16-4-3-5-17(14(16)2)15-6-7-18-19(10-15)22-20(24)21-18/h3-7,10,13,15H,8-9,11-12H2,1-2H3,(H,22,24)/t13-,15?/m0/s1. The molecule has 0 saturated carbocycles. The van der Waals surface area contributed by atoms with Crippen LogP contribution in [0.5, 0.6) is 0 Å². The molecule has 3 aliphatic rings. The van der Waals surface area contributed by atoms with E-state index in [0.717, 1.165) is 37.7 Å². The zero-order valence-corrected chi connectivity index (χ0v) is 14.7. The van der Waals surface area contributed by atoms with Crippen molar-refractivity contribution in [3.8, 4) is 0 Å². The van der Waals surface area contributed by atoms with Gasteiger partial charge in [-0.15, -0.1) is 0 Å². The Hall–Kier alpha value is -2.24. The molecule has 1 aliphatic carbocycles. The molecule has 1 aromatic carbocycles. The number of hydrogen-bond donors (Lipinski definition) is 1. The first-order valence-corrected chi connectivity index (χ1v) is 8.82. The van der Waals surface area contributed by atoms with E-state index in [1.807, 2.05) is 6.08 Å². The number of benzene rings is 1. The summed E-state index contributed by atoms with van der Waals surface area (Å²) in [6, 6.07) is 6.68. The van der Waals surface area contributed by atoms with Crippen LogP contribution in [0.4, 0.5) is 4.79 Å². The summed E-state index contributed by atoms with van der Waals surface area (Å²) < 4.78 is 5.54. The topological polar surface area (TPSA) is 53.9 Å². The number of nitrogens with zero attached hydrogens (tertiary/aromatic N) is 2. The second kappa shape index (κ2) is 6.58. The summed E-state index contributed by atoms with van der Waals surface area (Å²) in [6.07, 6.45) is 6.15. The molecule has 0 bridgehead atoms. The lowest BCUT2D eigenvalue weighted by Gasteiger charge is -2.34. The predicted molar refractivity (Wildman–Crippen MR) is 97.8 cm³/mol. The van der Waals surface area contributed by atoms with Crippen LogP contribution in [0.15, 0.2) is 47.1 Å². The molecular formula is C20H23N3O2. The number of urea groups is 1. The van der Waals surface area contributed by atoms with Gasteiger partial charge >= 0.3 is 6.03 Å². The van der Waals surface area contributed by atoms with E-state index in [2.05, 4.69) is 59.4 Å². The van der Waals surface area contributed by atoms with E-state index in [-0.39, 0.29) is 11.9 Å². The zero-order valence-electron chi connectivity index (χ0n) is 14.7. The second-order valence-corrected chi connectivity index (χ2v) is 6.92. The molecule has 2 heterocycles. The van der Waals surface area contributed by atoms with Crippen LogP contribution in [-0.2, 0) is 11.3 Å². The van der Waals surface area contributed by atoms with Gasteiger partial charge in [0.2, 0.25) is 0 Å². The van der Waals surface area contributed by atoms with E-state index >= 15 is 0 Å². The van der Waals surface area contributed by atoms with Gasteiger partial charge in [0.1, 0.15) is 0 Å². The summed E-state index contributed by atoms with van der Waals surface area (Å²) >= 11 is 0. The molecule has 1 fully saturated rings. The molecule has 5 nitrogen and oxygen atoms in total. The molecule has 1 N–H and O–H groups in total. The molecule has 1 unspecified atom stereocenters. The van der Waals surface area contributed by atoms with Crippen molar-refractivity contribution < 1.29 is 9.53 Å². The average Bonchev–Trinajstić information content (AvgIpc) is 2.98. The van der Waals surface area contributed by atoms with Gasteiger partial charge in [-0.3, -0.25) is 4.90 Å². The number of carbonyl (C=O) groups excluding carboxylic acids is 1. The van der Waals surface area contributed by atoms with Gasteiger partial charge in [0.15, 0.2) is 0 Å². The quantitative estimate of drug-likeness (QED) is 0.923. The molecule has 5 heteroatoms. The number of carbonyl (C=O) groups is 1. The van der Waals surface area contributed by atoms with Gasteiger partial charge in [-0.1, -0.05) is 24.3 Å². The van der Waals surface area contributed by atoms with Crippen LogP contribution < -0.4 is 5.32 Å². The van der Waals surface area contributed by atoms with Crippen LogP contribution in [0.1, 0.15) is 29.5 Å². The molecule has 0 radical (unpaired) electrons. The van der Waals surface area contributed by atoms with Crippen molar-refractivity contribution in [3.63, 3.8) is 0 Å². The number of allylic oxidation sites excluding steroid dienone is 3. The van der Waals surface area contributed by atoms with Crippen molar-refractivity contribution in [2.24, 2.45) is 4.99 Å². The lowest BCUT2D eigenvalue weighted by atomic mass is 9.88. The number of morpholine rings is 1. The van der Waals surface area contributed by atoms with Crippen molar-refractivity contribution in [1.82, 2.24) is 10.2 Å². The smallest absolute Gasteiger partial charge is 0.346 e. The molecule has 4 rings (SSSR count). The maximum atomic E-state index is 11.4. The van der Waals surface area contributed by atoms with Crippen molar-refractivity contribution >= 4 is 11.7 Å². The first-order valence-electron chi connectivity index (χ1n) is 8.82. The third kappa shape index (κ3) is 3.17. The fourth-order valence-electron chi connectivity index (χ4n) is 3.71. The number of rotatable bonds is 3. The fraction of sp³-hybridized carbons (Fsp3) is 0.400. The van der Waals surface area contributed by atoms with Crippen LogP contribution in [0.2, 0.25) is 0 Å². The molecule has 1 saturated heterocycles. The summed E-state index contributed by atoms with van der Waals surface area (Å²) in [5.41, 5.74) is 5.51. The van der Waals surface area contributed by atoms with E-state index in [9.17, 15) is 4.79 Å². The third-order valence-corrected chi connectivity index (χ3v) is 5.27. The zero-order chi connectivity index (χ0) is 17.4. The molecule has 25 heavy (non-hydrogen) atoms. The van der Waals surface area contributed by atoms with Gasteiger partial charge in [0, 0.05) is 25.0 Å². The first kappa shape index (κ1) is 16.2. The van der Waals surface area contributed by atoms with Gasteiger partial charge in [0.05, 0.1) is 24.6 Å². The highest BCUT2D eigenvalue weighted by Gasteiger charge is 2.24. The summed E-state index contributed by atoms with van der Waals surface area (Å²) in [6.45, 7) is 7.94. The fourth-order valence-corrected chi connectivity index (χ4v) is 3.71. The van der Waals surface area contributed by atoms with E-state index in [1.165, 1.54) is 16.7 Å². The Morgan fingerprint density at radius 3 is 3.12 bits per heavy atom. The number of aliphatic imine (C=N–C) groups is 1. The van der Waals surface area contributed by atoms with Gasteiger partial charge in [-0.25, -0.2) is 4.79 Å². The van der Waals surface area contributed by atoms with Crippen molar-refractivity contribution in [2.45, 2.75) is 32.4 Å². The van der Waals surface area contributed by atoms with E-state index in [4.69, 9.17) is 4.74 Å². The molecule has 0 spiro atoms. The van der Waals surface area contributed by atoms with Gasteiger partial charge in [-0.05, 0) is 42.7 Å². The summed E-state index contributed by atoms with van der Waals surface area (Å²) in [4.78, 5) is 17.9. The summed E-state index contributed by atoms with van der Waals surface area (Å²) in [5, 5.41) is 2.81. The third-order valence-electron chi connectivity index (χ3n) is 5.27. The molecule has 2 atom stereocenters. The lowest BCUT2D eigenvalue weighted by Crippen LogP contribution is -2.43. The predicted octanol–water partition coefficient (Wildman–Crippen LogP) is 2.92. The Balaban J connectivity index is 1.59. The molecule has 1 aromatic rings. The maximum Gasteiger partial charge on any atom is 0.346 e. The minimum absolute atomic E-state index is 0.161. The monoisotopic (exact) mass is 337 g/mol. The summed E-state index contributed by atoms with van der Waals surface area (Å²) in [7, 11) is 0. The van der Waals surface area contributed by atoms with Crippen LogP contribution in [-0.4, -0.2) is 42.4 Å². The van der Waals surface area contributed by atoms with Crippen molar-refractivity contribution in [2.75, 3.05) is 19.8 Å². The minimum Gasteiger partial charge on any atom is -0.379 e. The van der Waals surface area contributed by atoms with E-state index in [0.29, 0.717) is 6.04 Å².